The Labute approximate surface area is 179 Å². The highest BCUT2D eigenvalue weighted by molar-refractivity contribution is 6.30. The quantitative estimate of drug-likeness (QED) is 0.554. The SMILES string of the molecule is C[C@]12CC[C@@H]3[C@H](CC=C4C[C@H](O)CC[C@@]43C)[C@@H]1C/C(=C\c1ccc(Cl)cc1)[C@H]2O. The Hall–Kier alpha value is -1.09. The fourth-order valence-corrected chi connectivity index (χ4v) is 7.54. The molecule has 0 unspecified atom stereocenters. The van der Waals surface area contributed by atoms with Crippen LogP contribution in [-0.2, 0) is 0 Å². The van der Waals surface area contributed by atoms with E-state index >= 15 is 0 Å². The summed E-state index contributed by atoms with van der Waals surface area (Å²) in [5, 5.41) is 22.3. The third kappa shape index (κ3) is 3.06. The molecule has 4 aliphatic rings. The number of fused-ring (bicyclic) bond motifs is 5. The number of rotatable bonds is 1. The van der Waals surface area contributed by atoms with E-state index in [1.54, 1.807) is 0 Å². The predicted octanol–water partition coefficient (Wildman–Crippen LogP) is 6.02. The van der Waals surface area contributed by atoms with E-state index < -0.39 is 0 Å². The van der Waals surface area contributed by atoms with Gasteiger partial charge in [0, 0.05) is 10.4 Å². The smallest absolute Gasteiger partial charge is 0.0809 e. The Morgan fingerprint density at radius 1 is 1.00 bits per heavy atom. The van der Waals surface area contributed by atoms with Gasteiger partial charge in [-0.15, -0.1) is 0 Å². The van der Waals surface area contributed by atoms with Crippen molar-refractivity contribution in [3.05, 3.63) is 52.1 Å². The highest BCUT2D eigenvalue weighted by atomic mass is 35.5. The Morgan fingerprint density at radius 2 is 1.76 bits per heavy atom. The van der Waals surface area contributed by atoms with E-state index in [0.717, 1.165) is 49.1 Å². The third-order valence-corrected chi connectivity index (χ3v) is 9.42. The molecule has 0 aromatic heterocycles. The summed E-state index contributed by atoms with van der Waals surface area (Å²) < 4.78 is 0. The Kier molecular flexibility index (Phi) is 4.77. The van der Waals surface area contributed by atoms with Crippen LogP contribution >= 0.6 is 11.6 Å². The fourth-order valence-electron chi connectivity index (χ4n) is 7.41. The molecule has 4 aliphatic carbocycles. The number of aliphatic hydroxyl groups excluding tert-OH is 2. The molecule has 1 aromatic carbocycles. The summed E-state index contributed by atoms with van der Waals surface area (Å²) >= 11 is 6.04. The van der Waals surface area contributed by atoms with Crippen LogP contribution in [0, 0.1) is 28.6 Å². The summed E-state index contributed by atoms with van der Waals surface area (Å²) in [4.78, 5) is 0. The summed E-state index contributed by atoms with van der Waals surface area (Å²) in [6, 6.07) is 7.93. The second-order valence-corrected chi connectivity index (χ2v) is 11.0. The van der Waals surface area contributed by atoms with E-state index in [-0.39, 0.29) is 23.0 Å². The second-order valence-electron chi connectivity index (χ2n) is 10.6. The molecule has 1 aromatic rings. The molecule has 0 aliphatic heterocycles. The topological polar surface area (TPSA) is 40.5 Å². The van der Waals surface area contributed by atoms with Crippen LogP contribution in [0.4, 0.5) is 0 Å². The second kappa shape index (κ2) is 6.97. The molecule has 2 N–H and O–H groups in total. The number of allylic oxidation sites excluding steroid dienone is 1. The molecule has 156 valence electrons. The minimum atomic E-state index is -0.351. The molecule has 29 heavy (non-hydrogen) atoms. The third-order valence-electron chi connectivity index (χ3n) is 9.17. The van der Waals surface area contributed by atoms with Crippen molar-refractivity contribution >= 4 is 17.7 Å². The number of hydrogen-bond donors (Lipinski definition) is 2. The van der Waals surface area contributed by atoms with Crippen molar-refractivity contribution in [1.29, 1.82) is 0 Å². The summed E-state index contributed by atoms with van der Waals surface area (Å²) in [5.41, 5.74) is 4.06. The van der Waals surface area contributed by atoms with E-state index in [0.29, 0.717) is 17.8 Å². The maximum absolute atomic E-state index is 11.3. The summed E-state index contributed by atoms with van der Waals surface area (Å²) in [6.07, 6.45) is 11.5. The Morgan fingerprint density at radius 3 is 2.52 bits per heavy atom. The largest absolute Gasteiger partial charge is 0.393 e. The van der Waals surface area contributed by atoms with Gasteiger partial charge in [0.15, 0.2) is 0 Å². The molecule has 3 saturated carbocycles. The lowest BCUT2D eigenvalue weighted by atomic mass is 9.48. The lowest BCUT2D eigenvalue weighted by Gasteiger charge is -2.57. The molecule has 0 spiro atoms. The zero-order valence-corrected chi connectivity index (χ0v) is 18.3. The van der Waals surface area contributed by atoms with Crippen molar-refractivity contribution in [2.24, 2.45) is 28.6 Å². The fraction of sp³-hybridized carbons (Fsp3) is 0.615. The van der Waals surface area contributed by atoms with Crippen LogP contribution in [0.5, 0.6) is 0 Å². The zero-order chi connectivity index (χ0) is 20.4. The molecule has 0 bridgehead atoms. The standard InChI is InChI=1S/C26H33ClO2/c1-25-11-9-20(28)15-18(25)5-8-21-22(25)10-12-26(2)23(21)14-17(24(26)29)13-16-3-6-19(27)7-4-16/h3-7,13,20-24,28-29H,8-12,14-15H2,1-2H3/b17-13+/t20-,21+,22-,23+,24-,25+,26+/m1/s1. The van der Waals surface area contributed by atoms with Crippen LogP contribution in [0.15, 0.2) is 41.5 Å². The normalized spacial score (nSPS) is 45.3. The monoisotopic (exact) mass is 412 g/mol. The lowest BCUT2D eigenvalue weighted by molar-refractivity contribution is -0.0685. The van der Waals surface area contributed by atoms with Gasteiger partial charge in [0.05, 0.1) is 12.2 Å². The van der Waals surface area contributed by atoms with Crippen molar-refractivity contribution in [1.82, 2.24) is 0 Å². The Balaban J connectivity index is 1.46. The molecular formula is C26H33ClO2. The first-order chi connectivity index (χ1) is 13.8. The lowest BCUT2D eigenvalue weighted by Crippen LogP contribution is -2.51. The molecule has 0 amide bonds. The molecule has 0 heterocycles. The van der Waals surface area contributed by atoms with Crippen molar-refractivity contribution in [2.75, 3.05) is 0 Å². The summed E-state index contributed by atoms with van der Waals surface area (Å²) in [5.74, 6) is 1.87. The van der Waals surface area contributed by atoms with Crippen LogP contribution in [0.2, 0.25) is 5.02 Å². The van der Waals surface area contributed by atoms with Gasteiger partial charge in [0.1, 0.15) is 0 Å². The van der Waals surface area contributed by atoms with Gasteiger partial charge in [-0.25, -0.2) is 0 Å². The van der Waals surface area contributed by atoms with Gasteiger partial charge >= 0.3 is 0 Å². The minimum Gasteiger partial charge on any atom is -0.393 e. The minimum absolute atomic E-state index is 0.0185. The van der Waals surface area contributed by atoms with Gasteiger partial charge in [-0.1, -0.05) is 55.3 Å². The maximum Gasteiger partial charge on any atom is 0.0809 e. The number of halogens is 1. The average molecular weight is 413 g/mol. The van der Waals surface area contributed by atoms with E-state index in [2.05, 4.69) is 26.0 Å². The molecule has 2 nitrogen and oxygen atoms in total. The number of aliphatic hydroxyl groups is 2. The van der Waals surface area contributed by atoms with Gasteiger partial charge < -0.3 is 10.2 Å². The Bertz CT molecular complexity index is 856. The van der Waals surface area contributed by atoms with E-state index in [4.69, 9.17) is 11.6 Å². The predicted molar refractivity (Wildman–Crippen MR) is 119 cm³/mol. The summed E-state index contributed by atoms with van der Waals surface area (Å²) in [7, 11) is 0. The maximum atomic E-state index is 11.3. The number of benzene rings is 1. The molecule has 0 saturated heterocycles. The van der Waals surface area contributed by atoms with Gasteiger partial charge in [0.25, 0.3) is 0 Å². The van der Waals surface area contributed by atoms with Gasteiger partial charge in [0.2, 0.25) is 0 Å². The first-order valence-corrected chi connectivity index (χ1v) is 11.7. The van der Waals surface area contributed by atoms with Crippen LogP contribution in [0.1, 0.15) is 64.4 Å². The van der Waals surface area contributed by atoms with Crippen LogP contribution in [0.3, 0.4) is 0 Å². The van der Waals surface area contributed by atoms with Crippen molar-refractivity contribution in [3.8, 4) is 0 Å². The number of hydrogen-bond acceptors (Lipinski definition) is 2. The highest BCUT2D eigenvalue weighted by Crippen LogP contribution is 2.65. The van der Waals surface area contributed by atoms with Crippen LogP contribution in [-0.4, -0.2) is 22.4 Å². The summed E-state index contributed by atoms with van der Waals surface area (Å²) in [6.45, 7) is 4.79. The van der Waals surface area contributed by atoms with E-state index in [1.807, 2.05) is 24.3 Å². The molecule has 5 rings (SSSR count). The average Bonchev–Trinajstić information content (AvgIpc) is 2.95. The van der Waals surface area contributed by atoms with E-state index in [1.165, 1.54) is 17.6 Å². The van der Waals surface area contributed by atoms with Gasteiger partial charge in [-0.2, -0.15) is 0 Å². The van der Waals surface area contributed by atoms with Crippen molar-refractivity contribution in [2.45, 2.75) is 71.0 Å². The van der Waals surface area contributed by atoms with Crippen LogP contribution < -0.4 is 0 Å². The molecule has 3 fully saturated rings. The van der Waals surface area contributed by atoms with Crippen molar-refractivity contribution in [3.63, 3.8) is 0 Å². The van der Waals surface area contributed by atoms with E-state index in [9.17, 15) is 10.2 Å². The molecule has 7 atom stereocenters. The van der Waals surface area contributed by atoms with Crippen LogP contribution in [0.25, 0.3) is 6.08 Å². The first kappa shape index (κ1) is 19.8. The molecular weight excluding hydrogens is 380 g/mol. The van der Waals surface area contributed by atoms with Gasteiger partial charge in [-0.05, 0) is 91.4 Å². The highest BCUT2D eigenvalue weighted by Gasteiger charge is 2.59. The first-order valence-electron chi connectivity index (χ1n) is 11.3. The molecule has 3 heteroatoms. The molecule has 0 radical (unpaired) electrons. The zero-order valence-electron chi connectivity index (χ0n) is 17.6. The van der Waals surface area contributed by atoms with Gasteiger partial charge in [-0.3, -0.25) is 0 Å². The van der Waals surface area contributed by atoms with Crippen molar-refractivity contribution < 1.29 is 10.2 Å².